The number of urea groups is 1. The van der Waals surface area contributed by atoms with E-state index in [-0.39, 0.29) is 17.8 Å². The van der Waals surface area contributed by atoms with Gasteiger partial charge in [0.15, 0.2) is 0 Å². The van der Waals surface area contributed by atoms with Gasteiger partial charge in [0.1, 0.15) is 18.0 Å². The molecule has 8 nitrogen and oxygen atoms in total. The van der Waals surface area contributed by atoms with Gasteiger partial charge in [-0.1, -0.05) is 24.3 Å². The van der Waals surface area contributed by atoms with Gasteiger partial charge >= 0.3 is 6.03 Å². The zero-order valence-corrected chi connectivity index (χ0v) is 20.6. The summed E-state index contributed by atoms with van der Waals surface area (Å²) in [7, 11) is 1.58. The van der Waals surface area contributed by atoms with Gasteiger partial charge in [-0.25, -0.2) is 9.69 Å². The number of carbonyl (C=O) groups excluding carboxylic acids is 3. The van der Waals surface area contributed by atoms with Crippen LogP contribution in [-0.2, 0) is 9.59 Å². The van der Waals surface area contributed by atoms with E-state index in [1.807, 2.05) is 18.2 Å². The Morgan fingerprint density at radius 1 is 1.17 bits per heavy atom. The van der Waals surface area contributed by atoms with Gasteiger partial charge in [-0.2, -0.15) is 0 Å². The lowest BCUT2D eigenvalue weighted by Gasteiger charge is -2.43. The van der Waals surface area contributed by atoms with Crippen LogP contribution in [0.25, 0.3) is 11.6 Å². The summed E-state index contributed by atoms with van der Waals surface area (Å²) in [5.41, 5.74) is 4.41. The number of anilines is 2. The maximum atomic E-state index is 13.0. The highest BCUT2D eigenvalue weighted by molar-refractivity contribution is 6.16. The van der Waals surface area contributed by atoms with Crippen LogP contribution in [0.2, 0.25) is 0 Å². The van der Waals surface area contributed by atoms with Crippen molar-refractivity contribution in [3.05, 3.63) is 65.4 Å². The van der Waals surface area contributed by atoms with E-state index in [0.29, 0.717) is 17.0 Å². The Bertz CT molecular complexity index is 1250. The molecule has 182 valence electrons. The van der Waals surface area contributed by atoms with Gasteiger partial charge in [-0.3, -0.25) is 9.59 Å². The minimum absolute atomic E-state index is 0.0888. The standard InChI is InChI=1S/C27H30N4O4/c1-6-31-22-14-23(35-5)18(12-20(22)17(2)15-27(31,3)4)13-21-25(33)30(26(34)29-21)16-24(32)28-19-10-8-7-9-11-19/h7-15H,6,16H2,1-5H3,(H,28,32)(H,29,34)/b21-13+. The number of allylic oxidation sites excluding steroid dienone is 1. The summed E-state index contributed by atoms with van der Waals surface area (Å²) in [5, 5.41) is 5.27. The van der Waals surface area contributed by atoms with Crippen LogP contribution in [-0.4, -0.2) is 48.5 Å². The summed E-state index contributed by atoms with van der Waals surface area (Å²) in [4.78, 5) is 41.1. The van der Waals surface area contributed by atoms with Crippen LogP contribution < -0.4 is 20.3 Å². The van der Waals surface area contributed by atoms with Crippen molar-refractivity contribution in [2.24, 2.45) is 0 Å². The summed E-state index contributed by atoms with van der Waals surface area (Å²) in [6.45, 7) is 8.94. The largest absolute Gasteiger partial charge is 0.496 e. The van der Waals surface area contributed by atoms with Crippen molar-refractivity contribution in [2.45, 2.75) is 33.2 Å². The third-order valence-electron chi connectivity index (χ3n) is 6.27. The van der Waals surface area contributed by atoms with E-state index >= 15 is 0 Å². The van der Waals surface area contributed by atoms with Crippen molar-refractivity contribution in [3.8, 4) is 5.75 Å². The van der Waals surface area contributed by atoms with Gasteiger partial charge < -0.3 is 20.3 Å². The van der Waals surface area contributed by atoms with Crippen molar-refractivity contribution in [1.29, 1.82) is 0 Å². The van der Waals surface area contributed by atoms with E-state index in [4.69, 9.17) is 4.74 Å². The average molecular weight is 475 g/mol. The van der Waals surface area contributed by atoms with Crippen LogP contribution in [0.3, 0.4) is 0 Å². The average Bonchev–Trinajstić information content (AvgIpc) is 3.06. The molecule has 2 N–H and O–H groups in total. The molecule has 0 bridgehead atoms. The number of fused-ring (bicyclic) bond motifs is 1. The lowest BCUT2D eigenvalue weighted by molar-refractivity contribution is -0.127. The molecule has 0 unspecified atom stereocenters. The zero-order valence-electron chi connectivity index (χ0n) is 20.6. The summed E-state index contributed by atoms with van der Waals surface area (Å²) in [5.74, 6) is -0.445. The van der Waals surface area contributed by atoms with Crippen LogP contribution in [0.5, 0.6) is 5.75 Å². The monoisotopic (exact) mass is 474 g/mol. The summed E-state index contributed by atoms with van der Waals surface area (Å²) >= 11 is 0. The number of likely N-dealkylation sites (N-methyl/N-ethyl adjacent to an activating group) is 1. The number of hydrogen-bond donors (Lipinski definition) is 2. The van der Waals surface area contributed by atoms with Gasteiger partial charge in [0.2, 0.25) is 5.91 Å². The molecular weight excluding hydrogens is 444 g/mol. The van der Waals surface area contributed by atoms with E-state index in [9.17, 15) is 14.4 Å². The smallest absolute Gasteiger partial charge is 0.329 e. The quantitative estimate of drug-likeness (QED) is 0.483. The number of nitrogens with one attached hydrogen (secondary N) is 2. The normalized spacial score (nSPS) is 17.7. The molecule has 0 aromatic heterocycles. The molecule has 2 aliphatic heterocycles. The minimum atomic E-state index is -0.642. The predicted octanol–water partition coefficient (Wildman–Crippen LogP) is 4.25. The second kappa shape index (κ2) is 9.29. The van der Waals surface area contributed by atoms with Crippen molar-refractivity contribution < 1.29 is 19.1 Å². The molecule has 35 heavy (non-hydrogen) atoms. The lowest BCUT2D eigenvalue weighted by Crippen LogP contribution is -2.44. The Balaban J connectivity index is 1.61. The first-order valence-electron chi connectivity index (χ1n) is 11.5. The highest BCUT2D eigenvalue weighted by Gasteiger charge is 2.36. The second-order valence-corrected chi connectivity index (χ2v) is 9.13. The van der Waals surface area contributed by atoms with Gasteiger partial charge in [0, 0.05) is 35.1 Å². The molecule has 2 aliphatic rings. The molecule has 4 amide bonds. The Kier molecular flexibility index (Phi) is 6.39. The van der Waals surface area contributed by atoms with Crippen molar-refractivity contribution in [3.63, 3.8) is 0 Å². The number of para-hydroxylation sites is 1. The molecule has 2 aromatic carbocycles. The maximum Gasteiger partial charge on any atom is 0.329 e. The summed E-state index contributed by atoms with van der Waals surface area (Å²) < 4.78 is 5.65. The van der Waals surface area contributed by atoms with Crippen LogP contribution in [0, 0.1) is 0 Å². The molecule has 2 heterocycles. The molecule has 0 aliphatic carbocycles. The molecule has 0 saturated carbocycles. The molecule has 2 aromatic rings. The number of rotatable bonds is 6. The molecule has 8 heteroatoms. The van der Waals surface area contributed by atoms with Crippen LogP contribution in [0.4, 0.5) is 16.2 Å². The lowest BCUT2D eigenvalue weighted by atomic mass is 9.87. The van der Waals surface area contributed by atoms with E-state index in [2.05, 4.69) is 49.3 Å². The fourth-order valence-electron chi connectivity index (χ4n) is 4.72. The highest BCUT2D eigenvalue weighted by atomic mass is 16.5. The molecule has 0 spiro atoms. The SMILES string of the molecule is CCN1c2cc(OC)c(/C=C3/NC(=O)N(CC(=O)Nc4ccccc4)C3=O)cc2C(C)=CC1(C)C. The first kappa shape index (κ1) is 24.1. The predicted molar refractivity (Wildman–Crippen MR) is 137 cm³/mol. The fraction of sp³-hybridized carbons (Fsp3) is 0.296. The number of benzene rings is 2. The second-order valence-electron chi connectivity index (χ2n) is 9.13. The Hall–Kier alpha value is -4.07. The zero-order chi connectivity index (χ0) is 25.3. The number of methoxy groups -OCH3 is 1. The first-order valence-corrected chi connectivity index (χ1v) is 11.5. The van der Waals surface area contributed by atoms with Crippen LogP contribution >= 0.6 is 0 Å². The summed E-state index contributed by atoms with van der Waals surface area (Å²) in [6.07, 6.45) is 3.82. The third kappa shape index (κ3) is 4.64. The molecule has 1 fully saturated rings. The number of amides is 4. The highest BCUT2D eigenvalue weighted by Crippen LogP contribution is 2.42. The number of imide groups is 1. The maximum absolute atomic E-state index is 13.0. The Labute approximate surface area is 205 Å². The fourth-order valence-corrected chi connectivity index (χ4v) is 4.72. The van der Waals surface area contributed by atoms with E-state index < -0.39 is 17.8 Å². The molecule has 0 atom stereocenters. The van der Waals surface area contributed by atoms with Gasteiger partial charge in [0.05, 0.1) is 12.6 Å². The number of carbonyl (C=O) groups is 3. The molecular formula is C27H30N4O4. The van der Waals surface area contributed by atoms with E-state index in [1.54, 1.807) is 37.5 Å². The van der Waals surface area contributed by atoms with E-state index in [1.165, 1.54) is 0 Å². The van der Waals surface area contributed by atoms with E-state index in [0.717, 1.165) is 28.3 Å². The minimum Gasteiger partial charge on any atom is -0.496 e. The van der Waals surface area contributed by atoms with Crippen molar-refractivity contribution in [2.75, 3.05) is 30.4 Å². The molecule has 0 radical (unpaired) electrons. The van der Waals surface area contributed by atoms with Crippen molar-refractivity contribution >= 4 is 40.9 Å². The Morgan fingerprint density at radius 2 is 1.89 bits per heavy atom. The van der Waals surface area contributed by atoms with Crippen LogP contribution in [0.1, 0.15) is 38.8 Å². The van der Waals surface area contributed by atoms with Crippen LogP contribution in [0.15, 0.2) is 54.2 Å². The number of hydrogen-bond acceptors (Lipinski definition) is 5. The number of ether oxygens (including phenoxy) is 1. The first-order chi connectivity index (χ1) is 16.6. The molecule has 1 saturated heterocycles. The summed E-state index contributed by atoms with van der Waals surface area (Å²) in [6, 6.07) is 12.2. The molecule has 4 rings (SSSR count). The Morgan fingerprint density at radius 3 is 2.54 bits per heavy atom. The van der Waals surface area contributed by atoms with Gasteiger partial charge in [0.25, 0.3) is 5.91 Å². The van der Waals surface area contributed by atoms with Gasteiger partial charge in [-0.15, -0.1) is 0 Å². The van der Waals surface area contributed by atoms with Gasteiger partial charge in [-0.05, 0) is 57.5 Å². The third-order valence-corrected chi connectivity index (χ3v) is 6.27. The van der Waals surface area contributed by atoms with Crippen molar-refractivity contribution in [1.82, 2.24) is 10.2 Å². The number of nitrogens with zero attached hydrogens (tertiary/aromatic N) is 2. The topological polar surface area (TPSA) is 91.0 Å².